The molecule has 0 atom stereocenters. The van der Waals surface area contributed by atoms with E-state index in [0.717, 1.165) is 90.0 Å². The van der Waals surface area contributed by atoms with Gasteiger partial charge in [0, 0.05) is 50.2 Å². The van der Waals surface area contributed by atoms with Crippen LogP contribution in [-0.4, -0.2) is 69.0 Å². The van der Waals surface area contributed by atoms with E-state index < -0.39 is 0 Å². The van der Waals surface area contributed by atoms with Gasteiger partial charge in [-0.15, -0.1) is 0 Å². The van der Waals surface area contributed by atoms with Crippen LogP contribution in [0.15, 0.2) is 48.5 Å². The number of morpholine rings is 1. The molecule has 160 valence electrons. The third-order valence-electron chi connectivity index (χ3n) is 6.54. The second-order valence-electron chi connectivity index (χ2n) is 8.98. The first kappa shape index (κ1) is 19.9. The highest BCUT2D eigenvalue weighted by Gasteiger charge is 2.46. The van der Waals surface area contributed by atoms with Crippen molar-refractivity contribution in [3.05, 3.63) is 59.7 Å². The number of hydrogen-bond donors (Lipinski definition) is 0. The lowest BCUT2D eigenvalue weighted by Gasteiger charge is -2.52. The molecule has 0 bridgehead atoms. The van der Waals surface area contributed by atoms with Gasteiger partial charge in [-0.3, -0.25) is 9.80 Å². The van der Waals surface area contributed by atoms with Crippen molar-refractivity contribution in [1.82, 2.24) is 9.80 Å². The number of ether oxygens (including phenoxy) is 3. The lowest BCUT2D eigenvalue weighted by molar-refractivity contribution is -0.0481. The summed E-state index contributed by atoms with van der Waals surface area (Å²) in [6, 6.07) is 17.0. The van der Waals surface area contributed by atoms with Crippen LogP contribution >= 0.6 is 0 Å². The van der Waals surface area contributed by atoms with E-state index in [9.17, 15) is 0 Å². The van der Waals surface area contributed by atoms with E-state index in [-0.39, 0.29) is 5.41 Å². The maximum atomic E-state index is 6.17. The third kappa shape index (κ3) is 4.48. The molecule has 0 radical (unpaired) electrons. The molecule has 3 aliphatic heterocycles. The Morgan fingerprint density at radius 1 is 0.933 bits per heavy atom. The number of fused-ring (bicyclic) bond motifs is 1. The van der Waals surface area contributed by atoms with Crippen molar-refractivity contribution < 1.29 is 14.2 Å². The largest absolute Gasteiger partial charge is 0.493 e. The summed E-state index contributed by atoms with van der Waals surface area (Å²) in [4.78, 5) is 4.98. The van der Waals surface area contributed by atoms with Crippen molar-refractivity contribution in [1.29, 1.82) is 0 Å². The minimum absolute atomic E-state index is 0.280. The van der Waals surface area contributed by atoms with Gasteiger partial charge in [-0.2, -0.15) is 0 Å². The molecule has 2 fully saturated rings. The van der Waals surface area contributed by atoms with Crippen molar-refractivity contribution in [2.24, 2.45) is 5.41 Å². The van der Waals surface area contributed by atoms with E-state index in [2.05, 4.69) is 58.3 Å². The van der Waals surface area contributed by atoms with Gasteiger partial charge in [-0.05, 0) is 30.5 Å². The second-order valence-corrected chi connectivity index (χ2v) is 8.98. The minimum Gasteiger partial charge on any atom is -0.493 e. The number of benzene rings is 2. The summed E-state index contributed by atoms with van der Waals surface area (Å²) >= 11 is 0. The fourth-order valence-corrected chi connectivity index (χ4v) is 5.01. The lowest BCUT2D eigenvalue weighted by atomic mass is 9.74. The highest BCUT2D eigenvalue weighted by molar-refractivity contribution is 5.37. The van der Waals surface area contributed by atoms with Gasteiger partial charge in [0.1, 0.15) is 11.5 Å². The molecule has 0 unspecified atom stereocenters. The minimum atomic E-state index is 0.280. The molecule has 0 aromatic heterocycles. The van der Waals surface area contributed by atoms with Gasteiger partial charge in [0.2, 0.25) is 0 Å². The SMILES string of the molecule is c1ccc(OCCCN2CCOCC2)c(CN2CC3(COc4ccccc4C3)C2)c1. The summed E-state index contributed by atoms with van der Waals surface area (Å²) in [6.07, 6.45) is 2.18. The monoisotopic (exact) mass is 408 g/mol. The van der Waals surface area contributed by atoms with Crippen molar-refractivity contribution in [3.8, 4) is 11.5 Å². The second kappa shape index (κ2) is 8.96. The molecule has 3 heterocycles. The molecule has 0 N–H and O–H groups in total. The Morgan fingerprint density at radius 3 is 2.63 bits per heavy atom. The Kier molecular flexibility index (Phi) is 5.93. The van der Waals surface area contributed by atoms with E-state index >= 15 is 0 Å². The molecular formula is C25H32N2O3. The number of hydrogen-bond acceptors (Lipinski definition) is 5. The van der Waals surface area contributed by atoms with Crippen LogP contribution in [0, 0.1) is 5.41 Å². The molecule has 0 saturated carbocycles. The van der Waals surface area contributed by atoms with Gasteiger partial charge in [0.25, 0.3) is 0 Å². The molecule has 5 rings (SSSR count). The molecule has 5 heteroatoms. The van der Waals surface area contributed by atoms with Gasteiger partial charge in [-0.1, -0.05) is 36.4 Å². The van der Waals surface area contributed by atoms with E-state index in [0.29, 0.717) is 0 Å². The normalized spacial score (nSPS) is 20.9. The quantitative estimate of drug-likeness (QED) is 0.657. The predicted molar refractivity (Wildman–Crippen MR) is 117 cm³/mol. The number of rotatable bonds is 7. The highest BCUT2D eigenvalue weighted by atomic mass is 16.5. The molecule has 5 nitrogen and oxygen atoms in total. The van der Waals surface area contributed by atoms with Crippen LogP contribution in [0.25, 0.3) is 0 Å². The molecule has 2 aromatic carbocycles. The third-order valence-corrected chi connectivity index (χ3v) is 6.54. The zero-order valence-corrected chi connectivity index (χ0v) is 17.7. The summed E-state index contributed by atoms with van der Waals surface area (Å²) in [5.41, 5.74) is 2.92. The highest BCUT2D eigenvalue weighted by Crippen LogP contribution is 2.41. The zero-order chi connectivity index (χ0) is 20.2. The van der Waals surface area contributed by atoms with Crippen LogP contribution in [0.4, 0.5) is 0 Å². The summed E-state index contributed by atoms with van der Waals surface area (Å²) in [6.45, 7) is 9.62. The van der Waals surface area contributed by atoms with Crippen LogP contribution in [-0.2, 0) is 17.7 Å². The first-order valence-electron chi connectivity index (χ1n) is 11.2. The molecule has 0 aliphatic carbocycles. The summed E-state index contributed by atoms with van der Waals surface area (Å²) in [5, 5.41) is 0. The topological polar surface area (TPSA) is 34.2 Å². The van der Waals surface area contributed by atoms with E-state index in [4.69, 9.17) is 14.2 Å². The van der Waals surface area contributed by atoms with Crippen LogP contribution < -0.4 is 9.47 Å². The summed E-state index contributed by atoms with van der Waals surface area (Å²) < 4.78 is 17.6. The predicted octanol–water partition coefficient (Wildman–Crippen LogP) is 3.22. The average molecular weight is 409 g/mol. The maximum absolute atomic E-state index is 6.17. The smallest absolute Gasteiger partial charge is 0.123 e. The Hall–Kier alpha value is -2.08. The van der Waals surface area contributed by atoms with Crippen LogP contribution in [0.2, 0.25) is 0 Å². The molecule has 0 amide bonds. The Labute approximate surface area is 179 Å². The maximum Gasteiger partial charge on any atom is 0.123 e. The van der Waals surface area contributed by atoms with Crippen molar-refractivity contribution in [2.75, 3.05) is 59.2 Å². The van der Waals surface area contributed by atoms with Crippen molar-refractivity contribution in [3.63, 3.8) is 0 Å². The number of para-hydroxylation sites is 2. The molecule has 2 aromatic rings. The van der Waals surface area contributed by atoms with Gasteiger partial charge in [0.05, 0.1) is 26.4 Å². The molecule has 1 spiro atoms. The van der Waals surface area contributed by atoms with Crippen LogP contribution in [0.3, 0.4) is 0 Å². The number of likely N-dealkylation sites (tertiary alicyclic amines) is 1. The summed E-state index contributed by atoms with van der Waals surface area (Å²) in [7, 11) is 0. The zero-order valence-electron chi connectivity index (χ0n) is 17.7. The Balaban J connectivity index is 1.11. The fourth-order valence-electron chi connectivity index (χ4n) is 5.01. The van der Waals surface area contributed by atoms with E-state index in [1.165, 1.54) is 11.1 Å². The van der Waals surface area contributed by atoms with Crippen LogP contribution in [0.1, 0.15) is 17.5 Å². The first-order chi connectivity index (χ1) is 14.8. The van der Waals surface area contributed by atoms with Crippen LogP contribution in [0.5, 0.6) is 11.5 Å². The van der Waals surface area contributed by atoms with E-state index in [1.54, 1.807) is 0 Å². The number of nitrogens with zero attached hydrogens (tertiary/aromatic N) is 2. The fraction of sp³-hybridized carbons (Fsp3) is 0.520. The average Bonchev–Trinajstić information content (AvgIpc) is 2.77. The Morgan fingerprint density at radius 2 is 1.73 bits per heavy atom. The van der Waals surface area contributed by atoms with Gasteiger partial charge in [-0.25, -0.2) is 0 Å². The van der Waals surface area contributed by atoms with Crippen molar-refractivity contribution in [2.45, 2.75) is 19.4 Å². The lowest BCUT2D eigenvalue weighted by Crippen LogP contribution is -2.60. The molecule has 3 aliphatic rings. The van der Waals surface area contributed by atoms with Gasteiger partial charge >= 0.3 is 0 Å². The molecule has 30 heavy (non-hydrogen) atoms. The summed E-state index contributed by atoms with van der Waals surface area (Å²) in [5.74, 6) is 2.10. The molecular weight excluding hydrogens is 376 g/mol. The molecule has 2 saturated heterocycles. The van der Waals surface area contributed by atoms with Crippen molar-refractivity contribution >= 4 is 0 Å². The van der Waals surface area contributed by atoms with E-state index in [1.807, 2.05) is 0 Å². The standard InChI is InChI=1S/C25H32N2O3/c1-3-8-23-21(6-1)16-25(20-30-23)18-27(19-25)17-22-7-2-4-9-24(22)29-13-5-10-26-11-14-28-15-12-26/h1-4,6-9H,5,10-20H2. The Bertz CT molecular complexity index is 844. The first-order valence-corrected chi connectivity index (χ1v) is 11.2. The van der Waals surface area contributed by atoms with Gasteiger partial charge < -0.3 is 14.2 Å². The van der Waals surface area contributed by atoms with Gasteiger partial charge in [0.15, 0.2) is 0 Å².